The zero-order chi connectivity index (χ0) is 16.2. The molecule has 1 unspecified atom stereocenters. The summed E-state index contributed by atoms with van der Waals surface area (Å²) < 4.78 is 11.1. The lowest BCUT2D eigenvalue weighted by molar-refractivity contribution is 0.219. The van der Waals surface area contributed by atoms with Gasteiger partial charge in [-0.05, 0) is 25.5 Å². The zero-order valence-electron chi connectivity index (χ0n) is 14.4. The normalized spacial score (nSPS) is 12.2. The summed E-state index contributed by atoms with van der Waals surface area (Å²) >= 11 is 0. The molecule has 132 valence electrons. The molecule has 3 N–H and O–H groups in total. The highest BCUT2D eigenvalue weighted by Crippen LogP contribution is 2.26. The van der Waals surface area contributed by atoms with Gasteiger partial charge in [-0.1, -0.05) is 38.3 Å². The van der Waals surface area contributed by atoms with Crippen molar-refractivity contribution in [1.29, 1.82) is 0 Å². The molecular weight excluding hydrogens is 405 g/mol. The summed E-state index contributed by atoms with van der Waals surface area (Å²) in [4.78, 5) is 4.31. The third-order valence-corrected chi connectivity index (χ3v) is 3.25. The van der Waals surface area contributed by atoms with Crippen molar-refractivity contribution in [2.75, 3.05) is 20.2 Å². The van der Waals surface area contributed by atoms with E-state index in [4.69, 9.17) is 15.2 Å². The second kappa shape index (κ2) is 13.3. The molecule has 6 heteroatoms. The van der Waals surface area contributed by atoms with Crippen LogP contribution in [0.1, 0.15) is 39.5 Å². The van der Waals surface area contributed by atoms with Gasteiger partial charge in [0.05, 0.1) is 13.7 Å². The largest absolute Gasteiger partial charge is 0.493 e. The van der Waals surface area contributed by atoms with Gasteiger partial charge >= 0.3 is 0 Å². The van der Waals surface area contributed by atoms with Crippen LogP contribution < -0.4 is 20.5 Å². The minimum Gasteiger partial charge on any atom is -0.493 e. The first-order valence-corrected chi connectivity index (χ1v) is 8.00. The molecule has 0 aliphatic heterocycles. The Hall–Kier alpha value is -1.18. The molecule has 0 aliphatic rings. The van der Waals surface area contributed by atoms with E-state index >= 15 is 0 Å². The lowest BCUT2D eigenvalue weighted by Crippen LogP contribution is -2.33. The number of guanidine groups is 1. The zero-order valence-corrected chi connectivity index (χ0v) is 16.7. The van der Waals surface area contributed by atoms with Gasteiger partial charge < -0.3 is 20.5 Å². The molecule has 0 bridgehead atoms. The molecule has 1 rings (SSSR count). The number of unbranched alkanes of at least 4 members (excludes halogenated alkanes) is 3. The van der Waals surface area contributed by atoms with Crippen LogP contribution in [0.3, 0.4) is 0 Å². The molecule has 0 radical (unpaired) electrons. The number of nitrogens with two attached hydrogens (primary N) is 1. The fraction of sp³-hybridized carbons (Fsp3) is 0.588. The summed E-state index contributed by atoms with van der Waals surface area (Å²) in [5.74, 6) is 1.92. The molecule has 5 nitrogen and oxygen atoms in total. The lowest BCUT2D eigenvalue weighted by Gasteiger charge is -2.15. The number of nitrogens with one attached hydrogen (secondary N) is 1. The smallest absolute Gasteiger partial charge is 0.188 e. The highest BCUT2D eigenvalue weighted by molar-refractivity contribution is 14.0. The van der Waals surface area contributed by atoms with Crippen LogP contribution in [0.15, 0.2) is 29.3 Å². The van der Waals surface area contributed by atoms with E-state index in [1.807, 2.05) is 31.2 Å². The maximum Gasteiger partial charge on any atom is 0.188 e. The van der Waals surface area contributed by atoms with Crippen LogP contribution >= 0.6 is 24.0 Å². The Morgan fingerprint density at radius 1 is 1.22 bits per heavy atom. The summed E-state index contributed by atoms with van der Waals surface area (Å²) in [6.45, 7) is 5.54. The van der Waals surface area contributed by atoms with Crippen molar-refractivity contribution < 1.29 is 9.47 Å². The second-order valence-corrected chi connectivity index (χ2v) is 5.29. The molecule has 0 fully saturated rings. The van der Waals surface area contributed by atoms with E-state index in [0.29, 0.717) is 12.5 Å². The topological polar surface area (TPSA) is 68.9 Å². The van der Waals surface area contributed by atoms with E-state index < -0.39 is 0 Å². The van der Waals surface area contributed by atoms with E-state index in [1.54, 1.807) is 7.11 Å². The Kier molecular flexibility index (Phi) is 12.6. The van der Waals surface area contributed by atoms with Crippen molar-refractivity contribution in [3.8, 4) is 11.5 Å². The van der Waals surface area contributed by atoms with Crippen molar-refractivity contribution in [1.82, 2.24) is 5.32 Å². The lowest BCUT2D eigenvalue weighted by atomic mass is 10.2. The SMILES string of the molecule is CCCCCCNC(N)=NCC(C)Oc1ccccc1OC.I. The Labute approximate surface area is 157 Å². The monoisotopic (exact) mass is 435 g/mol. The Morgan fingerprint density at radius 2 is 1.91 bits per heavy atom. The van der Waals surface area contributed by atoms with Crippen molar-refractivity contribution in [3.63, 3.8) is 0 Å². The minimum absolute atomic E-state index is 0. The Balaban J connectivity index is 0.00000484. The summed E-state index contributed by atoms with van der Waals surface area (Å²) in [6.07, 6.45) is 4.78. The fourth-order valence-electron chi connectivity index (χ4n) is 2.02. The maximum atomic E-state index is 5.84. The number of rotatable bonds is 10. The number of halogens is 1. The van der Waals surface area contributed by atoms with Gasteiger partial charge in [0.1, 0.15) is 6.10 Å². The molecule has 0 aliphatic carbocycles. The minimum atomic E-state index is -0.0725. The average Bonchev–Trinajstić information content (AvgIpc) is 2.53. The molecule has 23 heavy (non-hydrogen) atoms. The van der Waals surface area contributed by atoms with Crippen LogP contribution in [0.25, 0.3) is 0 Å². The van der Waals surface area contributed by atoms with E-state index in [1.165, 1.54) is 19.3 Å². The predicted molar refractivity (Wildman–Crippen MR) is 107 cm³/mol. The molecule has 0 saturated carbocycles. The highest BCUT2D eigenvalue weighted by Gasteiger charge is 2.08. The van der Waals surface area contributed by atoms with Crippen molar-refractivity contribution in [2.45, 2.75) is 45.6 Å². The number of ether oxygens (including phenoxy) is 2. The second-order valence-electron chi connectivity index (χ2n) is 5.29. The van der Waals surface area contributed by atoms with Crippen molar-refractivity contribution in [3.05, 3.63) is 24.3 Å². The van der Waals surface area contributed by atoms with Crippen LogP contribution in [0.5, 0.6) is 11.5 Å². The summed E-state index contributed by atoms with van der Waals surface area (Å²) in [5, 5.41) is 3.13. The number of aliphatic imine (C=N–C) groups is 1. The molecule has 1 aromatic carbocycles. The maximum absolute atomic E-state index is 5.84. The van der Waals surface area contributed by atoms with Gasteiger partial charge in [0.2, 0.25) is 0 Å². The Morgan fingerprint density at radius 3 is 2.57 bits per heavy atom. The standard InChI is InChI=1S/C17H29N3O2.HI/c1-4-5-6-9-12-19-17(18)20-13-14(2)22-16-11-8-7-10-15(16)21-3;/h7-8,10-11,14H,4-6,9,12-13H2,1-3H3,(H3,18,19,20);1H. The van der Waals surface area contributed by atoms with E-state index in [0.717, 1.165) is 24.5 Å². The van der Waals surface area contributed by atoms with Gasteiger partial charge in [-0.2, -0.15) is 0 Å². The summed E-state index contributed by atoms with van der Waals surface area (Å²) in [5.41, 5.74) is 5.84. The van der Waals surface area contributed by atoms with Gasteiger partial charge in [-0.15, -0.1) is 24.0 Å². The van der Waals surface area contributed by atoms with Gasteiger partial charge in [-0.3, -0.25) is 0 Å². The van der Waals surface area contributed by atoms with E-state index in [9.17, 15) is 0 Å². The van der Waals surface area contributed by atoms with Crippen LogP contribution in [0.4, 0.5) is 0 Å². The van der Waals surface area contributed by atoms with Gasteiger partial charge in [-0.25, -0.2) is 4.99 Å². The van der Waals surface area contributed by atoms with Crippen LogP contribution in [-0.4, -0.2) is 32.3 Å². The summed E-state index contributed by atoms with van der Waals surface area (Å²) in [7, 11) is 1.63. The number of benzene rings is 1. The first-order chi connectivity index (χ1) is 10.7. The van der Waals surface area contributed by atoms with Crippen molar-refractivity contribution in [2.24, 2.45) is 10.7 Å². The molecule has 1 aromatic rings. The summed E-state index contributed by atoms with van der Waals surface area (Å²) in [6, 6.07) is 7.58. The molecule has 0 spiro atoms. The van der Waals surface area contributed by atoms with Gasteiger partial charge in [0.15, 0.2) is 17.5 Å². The molecule has 0 amide bonds. The van der Waals surface area contributed by atoms with Crippen molar-refractivity contribution >= 4 is 29.9 Å². The molecule has 0 aromatic heterocycles. The molecule has 1 atom stereocenters. The third-order valence-electron chi connectivity index (χ3n) is 3.25. The average molecular weight is 435 g/mol. The first-order valence-electron chi connectivity index (χ1n) is 8.00. The van der Waals surface area contributed by atoms with E-state index in [-0.39, 0.29) is 30.1 Å². The number of hydrogen-bond acceptors (Lipinski definition) is 3. The highest BCUT2D eigenvalue weighted by atomic mass is 127. The first kappa shape index (κ1) is 21.8. The quantitative estimate of drug-likeness (QED) is 0.255. The number of methoxy groups -OCH3 is 1. The molecule has 0 heterocycles. The number of para-hydroxylation sites is 2. The third kappa shape index (κ3) is 9.53. The fourth-order valence-corrected chi connectivity index (χ4v) is 2.02. The number of nitrogens with zero attached hydrogens (tertiary/aromatic N) is 1. The molecule has 0 saturated heterocycles. The van der Waals surface area contributed by atoms with Gasteiger partial charge in [0.25, 0.3) is 0 Å². The predicted octanol–water partition coefficient (Wildman–Crippen LogP) is 3.57. The number of hydrogen-bond donors (Lipinski definition) is 2. The Bertz CT molecular complexity index is 455. The van der Waals surface area contributed by atoms with E-state index in [2.05, 4.69) is 17.2 Å². The van der Waals surface area contributed by atoms with Gasteiger partial charge in [0, 0.05) is 6.54 Å². The molecular formula is C17H30IN3O2. The van der Waals surface area contributed by atoms with Crippen LogP contribution in [0, 0.1) is 0 Å². The van der Waals surface area contributed by atoms with Crippen LogP contribution in [0.2, 0.25) is 0 Å². The van der Waals surface area contributed by atoms with Crippen LogP contribution in [-0.2, 0) is 0 Å².